The second-order valence-electron chi connectivity index (χ2n) is 5.83. The molecule has 0 saturated carbocycles. The molecule has 8 nitrogen and oxygen atoms in total. The molecule has 1 unspecified atom stereocenters. The number of carbonyl (C=O) groups is 3. The SMILES string of the molecule is COc1cc(S(C)(=O)=O)cc2c1C(=O)N(C1CCC(=O)NC1=O)C2. The Morgan fingerprint density at radius 2 is 1.96 bits per heavy atom. The second kappa shape index (κ2) is 5.59. The van der Waals surface area contributed by atoms with Crippen LogP contribution in [-0.2, 0) is 26.0 Å². The van der Waals surface area contributed by atoms with Crippen LogP contribution in [0, 0.1) is 0 Å². The summed E-state index contributed by atoms with van der Waals surface area (Å²) in [6.45, 7) is 0.0974. The lowest BCUT2D eigenvalue weighted by Gasteiger charge is -2.29. The Hall–Kier alpha value is -2.42. The van der Waals surface area contributed by atoms with Crippen LogP contribution >= 0.6 is 0 Å². The maximum atomic E-state index is 12.7. The van der Waals surface area contributed by atoms with Crippen molar-refractivity contribution < 1.29 is 27.5 Å². The number of rotatable bonds is 3. The van der Waals surface area contributed by atoms with Gasteiger partial charge in [-0.05, 0) is 24.1 Å². The van der Waals surface area contributed by atoms with Crippen LogP contribution in [0.15, 0.2) is 17.0 Å². The number of hydrogen-bond acceptors (Lipinski definition) is 6. The molecular weight excluding hydrogens is 336 g/mol. The molecule has 0 bridgehead atoms. The number of sulfone groups is 1. The Balaban J connectivity index is 2.01. The van der Waals surface area contributed by atoms with Gasteiger partial charge in [0.1, 0.15) is 11.8 Å². The molecule has 0 spiro atoms. The van der Waals surface area contributed by atoms with E-state index in [9.17, 15) is 22.8 Å². The number of carbonyl (C=O) groups excluding carboxylic acids is 3. The highest BCUT2D eigenvalue weighted by atomic mass is 32.2. The van der Waals surface area contributed by atoms with Gasteiger partial charge in [-0.2, -0.15) is 0 Å². The molecule has 1 atom stereocenters. The molecule has 0 radical (unpaired) electrons. The zero-order valence-electron chi connectivity index (χ0n) is 13.2. The molecule has 2 aliphatic heterocycles. The molecule has 0 aliphatic carbocycles. The minimum absolute atomic E-state index is 0.0519. The van der Waals surface area contributed by atoms with E-state index in [2.05, 4.69) is 5.32 Å². The van der Waals surface area contributed by atoms with Gasteiger partial charge in [-0.1, -0.05) is 0 Å². The van der Waals surface area contributed by atoms with Crippen molar-refractivity contribution in [2.45, 2.75) is 30.3 Å². The predicted molar refractivity (Wildman–Crippen MR) is 82.1 cm³/mol. The van der Waals surface area contributed by atoms with E-state index >= 15 is 0 Å². The first-order chi connectivity index (χ1) is 11.2. The van der Waals surface area contributed by atoms with Crippen molar-refractivity contribution in [3.05, 3.63) is 23.3 Å². The molecule has 1 aromatic rings. The first-order valence-electron chi connectivity index (χ1n) is 7.28. The fourth-order valence-electron chi connectivity index (χ4n) is 3.02. The van der Waals surface area contributed by atoms with Crippen molar-refractivity contribution in [2.75, 3.05) is 13.4 Å². The minimum Gasteiger partial charge on any atom is -0.496 e. The van der Waals surface area contributed by atoms with E-state index in [1.165, 1.54) is 24.1 Å². The van der Waals surface area contributed by atoms with E-state index in [4.69, 9.17) is 4.74 Å². The molecule has 1 aromatic carbocycles. The lowest BCUT2D eigenvalue weighted by atomic mass is 10.0. The summed E-state index contributed by atoms with van der Waals surface area (Å²) in [6, 6.07) is 1.98. The Bertz CT molecular complexity index is 861. The number of piperidine rings is 1. The number of methoxy groups -OCH3 is 1. The average molecular weight is 352 g/mol. The van der Waals surface area contributed by atoms with Crippen molar-refractivity contribution in [3.8, 4) is 5.75 Å². The van der Waals surface area contributed by atoms with Gasteiger partial charge in [0, 0.05) is 19.2 Å². The zero-order valence-corrected chi connectivity index (χ0v) is 14.0. The van der Waals surface area contributed by atoms with Gasteiger partial charge in [0.25, 0.3) is 5.91 Å². The van der Waals surface area contributed by atoms with Gasteiger partial charge < -0.3 is 9.64 Å². The molecular formula is C15H16N2O6S. The maximum absolute atomic E-state index is 12.7. The lowest BCUT2D eigenvalue weighted by Crippen LogP contribution is -2.52. The van der Waals surface area contributed by atoms with Crippen LogP contribution in [0.3, 0.4) is 0 Å². The number of nitrogens with zero attached hydrogens (tertiary/aromatic N) is 1. The molecule has 1 fully saturated rings. The van der Waals surface area contributed by atoms with Crippen LogP contribution in [0.1, 0.15) is 28.8 Å². The van der Waals surface area contributed by atoms with Gasteiger partial charge in [0.05, 0.1) is 17.6 Å². The summed E-state index contributed by atoms with van der Waals surface area (Å²) < 4.78 is 28.8. The van der Waals surface area contributed by atoms with Crippen molar-refractivity contribution in [1.29, 1.82) is 0 Å². The molecule has 24 heavy (non-hydrogen) atoms. The van der Waals surface area contributed by atoms with E-state index in [1.54, 1.807) is 0 Å². The quantitative estimate of drug-likeness (QED) is 0.758. The number of nitrogens with one attached hydrogen (secondary N) is 1. The van der Waals surface area contributed by atoms with E-state index in [0.29, 0.717) is 5.56 Å². The third kappa shape index (κ3) is 2.64. The van der Waals surface area contributed by atoms with Crippen LogP contribution in [0.25, 0.3) is 0 Å². The van der Waals surface area contributed by atoms with Crippen molar-refractivity contribution in [3.63, 3.8) is 0 Å². The maximum Gasteiger partial charge on any atom is 0.258 e. The number of fused-ring (bicyclic) bond motifs is 1. The number of benzene rings is 1. The molecule has 128 valence electrons. The van der Waals surface area contributed by atoms with Crippen molar-refractivity contribution >= 4 is 27.6 Å². The predicted octanol–water partition coefficient (Wildman–Crippen LogP) is -0.140. The van der Waals surface area contributed by atoms with Gasteiger partial charge >= 0.3 is 0 Å². The third-order valence-electron chi connectivity index (χ3n) is 4.21. The summed E-state index contributed by atoms with van der Waals surface area (Å²) in [7, 11) is -2.12. The van der Waals surface area contributed by atoms with Crippen LogP contribution in [0.4, 0.5) is 0 Å². The molecule has 2 aliphatic rings. The first kappa shape index (κ1) is 16.4. The number of amides is 3. The van der Waals surface area contributed by atoms with Gasteiger partial charge in [-0.3, -0.25) is 19.7 Å². The molecule has 1 N–H and O–H groups in total. The average Bonchev–Trinajstić information content (AvgIpc) is 2.82. The summed E-state index contributed by atoms with van der Waals surface area (Å²) in [4.78, 5) is 37.4. The van der Waals surface area contributed by atoms with E-state index in [1.807, 2.05) is 0 Å². The smallest absolute Gasteiger partial charge is 0.258 e. The third-order valence-corrected chi connectivity index (χ3v) is 5.30. The van der Waals surface area contributed by atoms with Crippen LogP contribution in [0.2, 0.25) is 0 Å². The summed E-state index contributed by atoms with van der Waals surface area (Å²) in [6.07, 6.45) is 1.47. The Kier molecular flexibility index (Phi) is 3.83. The standard InChI is InChI=1S/C15H16N2O6S/c1-23-11-6-9(24(2,21)22)5-8-7-17(15(20)13(8)11)10-3-4-12(18)16-14(10)19/h5-6,10H,3-4,7H2,1-2H3,(H,16,18,19). The molecule has 2 heterocycles. The minimum atomic E-state index is -3.47. The second-order valence-corrected chi connectivity index (χ2v) is 7.85. The largest absolute Gasteiger partial charge is 0.496 e. The Labute approximate surface area is 138 Å². The van der Waals surface area contributed by atoms with Crippen molar-refractivity contribution in [1.82, 2.24) is 10.2 Å². The molecule has 3 rings (SSSR count). The summed E-state index contributed by atoms with van der Waals surface area (Å²) in [5, 5.41) is 2.22. The highest BCUT2D eigenvalue weighted by molar-refractivity contribution is 7.90. The van der Waals surface area contributed by atoms with Gasteiger partial charge in [0.15, 0.2) is 9.84 Å². The van der Waals surface area contributed by atoms with Crippen LogP contribution < -0.4 is 10.1 Å². The molecule has 3 amide bonds. The number of hydrogen-bond donors (Lipinski definition) is 1. The summed E-state index contributed by atoms with van der Waals surface area (Å²) in [5.41, 5.74) is 0.749. The van der Waals surface area contributed by atoms with Gasteiger partial charge in [0.2, 0.25) is 11.8 Å². The molecule has 9 heteroatoms. The van der Waals surface area contributed by atoms with Crippen molar-refractivity contribution in [2.24, 2.45) is 0 Å². The zero-order chi connectivity index (χ0) is 17.6. The topological polar surface area (TPSA) is 110 Å². The van der Waals surface area contributed by atoms with E-state index in [-0.39, 0.29) is 41.5 Å². The Morgan fingerprint density at radius 1 is 1.25 bits per heavy atom. The summed E-state index contributed by atoms with van der Waals surface area (Å²) in [5.74, 6) is -1.13. The fraction of sp³-hybridized carbons (Fsp3) is 0.400. The molecule has 1 saturated heterocycles. The van der Waals surface area contributed by atoms with Crippen LogP contribution in [-0.4, -0.2) is 50.4 Å². The highest BCUT2D eigenvalue weighted by Crippen LogP contribution is 2.35. The highest BCUT2D eigenvalue weighted by Gasteiger charge is 2.41. The first-order valence-corrected chi connectivity index (χ1v) is 9.17. The number of ether oxygens (including phenoxy) is 1. The summed E-state index contributed by atoms with van der Waals surface area (Å²) >= 11 is 0. The Morgan fingerprint density at radius 3 is 2.54 bits per heavy atom. The normalized spacial score (nSPS) is 20.8. The fourth-order valence-corrected chi connectivity index (χ4v) is 3.70. The van der Waals surface area contributed by atoms with Crippen LogP contribution in [0.5, 0.6) is 5.75 Å². The monoisotopic (exact) mass is 352 g/mol. The van der Waals surface area contributed by atoms with E-state index < -0.39 is 27.7 Å². The van der Waals surface area contributed by atoms with E-state index in [0.717, 1.165) is 6.26 Å². The number of imide groups is 1. The lowest BCUT2D eigenvalue weighted by molar-refractivity contribution is -0.136. The van der Waals surface area contributed by atoms with Gasteiger partial charge in [-0.25, -0.2) is 8.42 Å². The molecule has 0 aromatic heterocycles. The van der Waals surface area contributed by atoms with Gasteiger partial charge in [-0.15, -0.1) is 0 Å².